The molecule has 1 aromatic heterocycles. The molecule has 1 unspecified atom stereocenters. The molecule has 1 saturated heterocycles. The summed E-state index contributed by atoms with van der Waals surface area (Å²) < 4.78 is 2.23. The lowest BCUT2D eigenvalue weighted by Gasteiger charge is -2.30. The van der Waals surface area contributed by atoms with Crippen molar-refractivity contribution >= 4 is 17.5 Å². The van der Waals surface area contributed by atoms with E-state index in [9.17, 15) is 9.59 Å². The summed E-state index contributed by atoms with van der Waals surface area (Å²) in [4.78, 5) is 32.2. The Kier molecular flexibility index (Phi) is 5.19. The van der Waals surface area contributed by atoms with E-state index < -0.39 is 11.5 Å². The second kappa shape index (κ2) is 7.65. The van der Waals surface area contributed by atoms with E-state index in [0.717, 1.165) is 42.2 Å². The minimum absolute atomic E-state index is 0.0347. The lowest BCUT2D eigenvalue weighted by atomic mass is 9.94. The summed E-state index contributed by atoms with van der Waals surface area (Å²) in [6.07, 6.45) is 7.09. The third-order valence-corrected chi connectivity index (χ3v) is 5.79. The number of carbonyl (C=O) groups excluding carboxylic acids is 2. The molecular formula is C23H30N4O2. The van der Waals surface area contributed by atoms with Crippen LogP contribution >= 0.6 is 0 Å². The lowest BCUT2D eigenvalue weighted by molar-refractivity contribution is -0.143. The number of hydrogen-bond donors (Lipinski definition) is 1. The zero-order valence-electron chi connectivity index (χ0n) is 17.6. The highest BCUT2D eigenvalue weighted by molar-refractivity contribution is 5.98. The number of fused-ring (bicyclic) bond motifs is 1. The van der Waals surface area contributed by atoms with Crippen molar-refractivity contribution in [2.75, 3.05) is 11.9 Å². The zero-order chi connectivity index (χ0) is 20.6. The van der Waals surface area contributed by atoms with Crippen molar-refractivity contribution in [3.8, 4) is 11.3 Å². The first-order valence-electron chi connectivity index (χ1n) is 10.6. The number of nitrogens with zero attached hydrogens (tertiary/aromatic N) is 3. The molecule has 2 aliphatic rings. The number of anilines is 1. The third kappa shape index (κ3) is 4.07. The summed E-state index contributed by atoms with van der Waals surface area (Å²) in [5.74, 6) is 1.07. The standard InChI is InChI=1S/C23H30N4O2/c1-23(2,3)22(29)27-13-7-10-19(27)21(28)24-17-9-6-8-16(14-17)18-15-26-12-5-4-11-20(26)25-18/h6,8-9,14-15,19H,4-5,7,10-13H2,1-3H3,(H,24,28). The zero-order valence-corrected chi connectivity index (χ0v) is 17.6. The van der Waals surface area contributed by atoms with Crippen LogP contribution in [0.1, 0.15) is 52.3 Å². The highest BCUT2D eigenvalue weighted by Gasteiger charge is 2.38. The second-order valence-electron chi connectivity index (χ2n) is 9.17. The molecule has 0 spiro atoms. The van der Waals surface area contributed by atoms with Crippen molar-refractivity contribution < 1.29 is 9.59 Å². The largest absolute Gasteiger partial charge is 0.334 e. The van der Waals surface area contributed by atoms with Crippen molar-refractivity contribution in [3.63, 3.8) is 0 Å². The summed E-state index contributed by atoms with van der Waals surface area (Å²) >= 11 is 0. The first-order chi connectivity index (χ1) is 13.8. The average molecular weight is 395 g/mol. The van der Waals surface area contributed by atoms with Crippen LogP contribution in [0.15, 0.2) is 30.5 Å². The van der Waals surface area contributed by atoms with E-state index in [-0.39, 0.29) is 11.8 Å². The van der Waals surface area contributed by atoms with Gasteiger partial charge in [-0.05, 0) is 37.8 Å². The number of likely N-dealkylation sites (tertiary alicyclic amines) is 1. The van der Waals surface area contributed by atoms with Gasteiger partial charge in [0.15, 0.2) is 0 Å². The minimum atomic E-state index is -0.483. The number of hydrogen-bond acceptors (Lipinski definition) is 3. The molecule has 1 N–H and O–H groups in total. The Morgan fingerprint density at radius 2 is 1.97 bits per heavy atom. The van der Waals surface area contributed by atoms with Gasteiger partial charge in [-0.2, -0.15) is 0 Å². The summed E-state index contributed by atoms with van der Waals surface area (Å²) in [7, 11) is 0. The predicted molar refractivity (Wildman–Crippen MR) is 113 cm³/mol. The molecule has 1 aromatic carbocycles. The van der Waals surface area contributed by atoms with Crippen molar-refractivity contribution in [2.24, 2.45) is 5.41 Å². The van der Waals surface area contributed by atoms with Crippen molar-refractivity contribution in [2.45, 2.75) is 65.5 Å². The van der Waals surface area contributed by atoms with Gasteiger partial charge in [-0.15, -0.1) is 0 Å². The van der Waals surface area contributed by atoms with Gasteiger partial charge in [0, 0.05) is 42.4 Å². The average Bonchev–Trinajstić information content (AvgIpc) is 3.34. The molecule has 0 saturated carbocycles. The quantitative estimate of drug-likeness (QED) is 0.859. The molecule has 3 heterocycles. The molecule has 29 heavy (non-hydrogen) atoms. The number of amides is 2. The molecular weight excluding hydrogens is 364 g/mol. The van der Waals surface area contributed by atoms with Crippen LogP contribution in [-0.2, 0) is 22.6 Å². The monoisotopic (exact) mass is 394 g/mol. The highest BCUT2D eigenvalue weighted by Crippen LogP contribution is 2.28. The summed E-state index contributed by atoms with van der Waals surface area (Å²) in [6.45, 7) is 7.37. The number of imidazole rings is 1. The Morgan fingerprint density at radius 1 is 1.14 bits per heavy atom. The van der Waals surface area contributed by atoms with Crippen LogP contribution in [-0.4, -0.2) is 38.9 Å². The Hall–Kier alpha value is -2.63. The number of rotatable bonds is 3. The van der Waals surface area contributed by atoms with Crippen molar-refractivity contribution in [3.05, 3.63) is 36.3 Å². The molecule has 4 rings (SSSR count). The van der Waals surface area contributed by atoms with Gasteiger partial charge in [0.05, 0.1) is 5.69 Å². The maximum Gasteiger partial charge on any atom is 0.247 e. The fourth-order valence-corrected chi connectivity index (χ4v) is 4.25. The second-order valence-corrected chi connectivity index (χ2v) is 9.17. The number of aryl methyl sites for hydroxylation is 2. The number of nitrogens with one attached hydrogen (secondary N) is 1. The Morgan fingerprint density at radius 3 is 2.72 bits per heavy atom. The van der Waals surface area contributed by atoms with Gasteiger partial charge < -0.3 is 14.8 Å². The van der Waals surface area contributed by atoms with Crippen LogP contribution in [0, 0.1) is 5.41 Å². The molecule has 1 atom stereocenters. The first kappa shape index (κ1) is 19.7. The van der Waals surface area contributed by atoms with Gasteiger partial charge in [0.1, 0.15) is 11.9 Å². The topological polar surface area (TPSA) is 67.2 Å². The molecule has 2 aliphatic heterocycles. The van der Waals surface area contributed by atoms with E-state index in [0.29, 0.717) is 13.0 Å². The van der Waals surface area contributed by atoms with E-state index in [1.807, 2.05) is 45.0 Å². The Labute approximate surface area is 172 Å². The van der Waals surface area contributed by atoms with Gasteiger partial charge in [0.2, 0.25) is 11.8 Å². The molecule has 2 amide bonds. The van der Waals surface area contributed by atoms with Gasteiger partial charge in [-0.1, -0.05) is 32.9 Å². The van der Waals surface area contributed by atoms with Crippen LogP contribution < -0.4 is 5.32 Å². The SMILES string of the molecule is CC(C)(C)C(=O)N1CCCC1C(=O)Nc1cccc(-c2cn3c(n2)CCCC3)c1. The fourth-order valence-electron chi connectivity index (χ4n) is 4.25. The van der Waals surface area contributed by atoms with E-state index in [4.69, 9.17) is 4.98 Å². The van der Waals surface area contributed by atoms with E-state index >= 15 is 0 Å². The highest BCUT2D eigenvalue weighted by atomic mass is 16.2. The molecule has 2 aromatic rings. The van der Waals surface area contributed by atoms with Crippen molar-refractivity contribution in [1.82, 2.24) is 14.5 Å². The van der Waals surface area contributed by atoms with Crippen LogP contribution in [0.25, 0.3) is 11.3 Å². The predicted octanol–water partition coefficient (Wildman–Crippen LogP) is 3.86. The van der Waals surface area contributed by atoms with Crippen molar-refractivity contribution in [1.29, 1.82) is 0 Å². The number of benzene rings is 1. The van der Waals surface area contributed by atoms with Gasteiger partial charge in [-0.25, -0.2) is 4.98 Å². The summed E-state index contributed by atoms with van der Waals surface area (Å²) in [5, 5.41) is 3.02. The van der Waals surface area contributed by atoms with Crippen LogP contribution in [0.3, 0.4) is 0 Å². The normalized spacial score (nSPS) is 19.1. The maximum absolute atomic E-state index is 12.9. The van der Waals surface area contributed by atoms with Gasteiger partial charge in [-0.3, -0.25) is 9.59 Å². The Bertz CT molecular complexity index is 902. The Balaban J connectivity index is 1.50. The fraction of sp³-hybridized carbons (Fsp3) is 0.522. The molecule has 1 fully saturated rings. The van der Waals surface area contributed by atoms with Crippen LogP contribution in [0.5, 0.6) is 0 Å². The van der Waals surface area contributed by atoms with Gasteiger partial charge in [0.25, 0.3) is 0 Å². The first-order valence-corrected chi connectivity index (χ1v) is 10.6. The van der Waals surface area contributed by atoms with E-state index in [1.54, 1.807) is 4.90 Å². The number of aromatic nitrogens is 2. The number of carbonyl (C=O) groups is 2. The summed E-state index contributed by atoms with van der Waals surface area (Å²) in [5.41, 5.74) is 2.21. The molecule has 154 valence electrons. The summed E-state index contributed by atoms with van der Waals surface area (Å²) in [6, 6.07) is 7.43. The molecule has 0 bridgehead atoms. The smallest absolute Gasteiger partial charge is 0.247 e. The van der Waals surface area contributed by atoms with Crippen LogP contribution in [0.2, 0.25) is 0 Å². The van der Waals surface area contributed by atoms with Gasteiger partial charge >= 0.3 is 0 Å². The molecule has 6 nitrogen and oxygen atoms in total. The molecule has 0 radical (unpaired) electrons. The third-order valence-electron chi connectivity index (χ3n) is 5.79. The minimum Gasteiger partial charge on any atom is -0.334 e. The lowest BCUT2D eigenvalue weighted by Crippen LogP contribution is -2.47. The van der Waals surface area contributed by atoms with Crippen LogP contribution in [0.4, 0.5) is 5.69 Å². The van der Waals surface area contributed by atoms with E-state index in [1.165, 1.54) is 12.8 Å². The maximum atomic E-state index is 12.9. The molecule has 0 aliphatic carbocycles. The van der Waals surface area contributed by atoms with E-state index in [2.05, 4.69) is 16.1 Å². The molecule has 6 heteroatoms.